The van der Waals surface area contributed by atoms with E-state index in [4.69, 9.17) is 16.3 Å². The SMILES string of the molecule is CCOc1ccc(Cl)cc1S(=O)(=O)NC(Cc1ccccc1)C(=O)Nc1cccc(C(F)(F)F)c1. The summed E-state index contributed by atoms with van der Waals surface area (Å²) in [5, 5.41) is 2.52. The maximum atomic E-state index is 13.2. The van der Waals surface area contributed by atoms with Crippen molar-refractivity contribution in [3.63, 3.8) is 0 Å². The van der Waals surface area contributed by atoms with Gasteiger partial charge >= 0.3 is 6.18 Å². The highest BCUT2D eigenvalue weighted by Gasteiger charge is 2.32. The number of benzene rings is 3. The van der Waals surface area contributed by atoms with E-state index >= 15 is 0 Å². The summed E-state index contributed by atoms with van der Waals surface area (Å²) in [7, 11) is -4.32. The van der Waals surface area contributed by atoms with Gasteiger partial charge in [-0.2, -0.15) is 17.9 Å². The number of carbonyl (C=O) groups excluding carboxylic acids is 1. The van der Waals surface area contributed by atoms with E-state index in [-0.39, 0.29) is 34.4 Å². The van der Waals surface area contributed by atoms with Gasteiger partial charge in [0, 0.05) is 10.7 Å². The van der Waals surface area contributed by atoms with E-state index in [0.717, 1.165) is 18.2 Å². The van der Waals surface area contributed by atoms with Crippen LogP contribution in [0.25, 0.3) is 0 Å². The van der Waals surface area contributed by atoms with Gasteiger partial charge in [-0.25, -0.2) is 8.42 Å². The van der Waals surface area contributed by atoms with Crippen LogP contribution in [0.2, 0.25) is 5.02 Å². The van der Waals surface area contributed by atoms with E-state index in [1.807, 2.05) is 0 Å². The van der Waals surface area contributed by atoms with Gasteiger partial charge in [-0.3, -0.25) is 4.79 Å². The van der Waals surface area contributed by atoms with Crippen LogP contribution in [0, 0.1) is 0 Å². The largest absolute Gasteiger partial charge is 0.492 e. The third kappa shape index (κ3) is 7.20. The van der Waals surface area contributed by atoms with Crippen molar-refractivity contribution in [2.24, 2.45) is 0 Å². The molecule has 3 aromatic rings. The van der Waals surface area contributed by atoms with Gasteiger partial charge in [-0.1, -0.05) is 48.0 Å². The lowest BCUT2D eigenvalue weighted by atomic mass is 10.1. The summed E-state index contributed by atoms with van der Waals surface area (Å²) in [4.78, 5) is 12.8. The molecule has 1 unspecified atom stereocenters. The Balaban J connectivity index is 1.93. The molecule has 3 rings (SSSR count). The van der Waals surface area contributed by atoms with E-state index in [9.17, 15) is 26.4 Å². The summed E-state index contributed by atoms with van der Waals surface area (Å²) < 4.78 is 73.4. The minimum absolute atomic E-state index is 0.0427. The van der Waals surface area contributed by atoms with Gasteiger partial charge in [0.05, 0.1) is 12.2 Å². The zero-order valence-corrected chi connectivity index (χ0v) is 20.0. The van der Waals surface area contributed by atoms with Crippen molar-refractivity contribution < 1.29 is 31.1 Å². The van der Waals surface area contributed by atoms with Gasteiger partial charge in [-0.15, -0.1) is 0 Å². The number of hydrogen-bond acceptors (Lipinski definition) is 4. The van der Waals surface area contributed by atoms with Crippen LogP contribution in [0.15, 0.2) is 77.7 Å². The molecule has 186 valence electrons. The van der Waals surface area contributed by atoms with Crippen LogP contribution >= 0.6 is 11.6 Å². The number of amides is 1. The molecule has 0 bridgehead atoms. The van der Waals surface area contributed by atoms with Gasteiger partial charge in [0.2, 0.25) is 15.9 Å². The topological polar surface area (TPSA) is 84.5 Å². The maximum Gasteiger partial charge on any atom is 0.416 e. The minimum atomic E-state index is -4.60. The molecule has 35 heavy (non-hydrogen) atoms. The zero-order chi connectivity index (χ0) is 25.6. The van der Waals surface area contributed by atoms with Crippen molar-refractivity contribution in [3.05, 3.63) is 88.9 Å². The van der Waals surface area contributed by atoms with Crippen molar-refractivity contribution in [2.75, 3.05) is 11.9 Å². The van der Waals surface area contributed by atoms with E-state index in [1.54, 1.807) is 37.3 Å². The molecule has 0 aromatic heterocycles. The van der Waals surface area contributed by atoms with Crippen molar-refractivity contribution in [1.82, 2.24) is 4.72 Å². The molecule has 0 fully saturated rings. The second-order valence-electron chi connectivity index (χ2n) is 7.46. The molecule has 0 saturated heterocycles. The van der Waals surface area contributed by atoms with Crippen molar-refractivity contribution >= 4 is 33.2 Å². The highest BCUT2D eigenvalue weighted by molar-refractivity contribution is 7.89. The Morgan fingerprint density at radius 3 is 2.40 bits per heavy atom. The molecule has 1 amide bonds. The number of rotatable bonds is 9. The molecule has 3 aromatic carbocycles. The Kier molecular flexibility index (Phi) is 8.42. The Hall–Kier alpha value is -3.08. The predicted molar refractivity (Wildman–Crippen MR) is 127 cm³/mol. The Bertz CT molecular complexity index is 1290. The first-order chi connectivity index (χ1) is 16.5. The first kappa shape index (κ1) is 26.5. The number of hydrogen-bond donors (Lipinski definition) is 2. The molecule has 2 N–H and O–H groups in total. The van der Waals surface area contributed by atoms with Gasteiger partial charge in [0.15, 0.2) is 0 Å². The number of sulfonamides is 1. The average Bonchev–Trinajstić information content (AvgIpc) is 2.80. The van der Waals surface area contributed by atoms with Crippen LogP contribution in [0.3, 0.4) is 0 Å². The maximum absolute atomic E-state index is 13.2. The summed E-state index contributed by atoms with van der Waals surface area (Å²) in [6.45, 7) is 1.87. The lowest BCUT2D eigenvalue weighted by Gasteiger charge is -2.20. The number of carbonyl (C=O) groups is 1. The van der Waals surface area contributed by atoms with Crippen molar-refractivity contribution in [3.8, 4) is 5.75 Å². The van der Waals surface area contributed by atoms with Crippen LogP contribution in [0.5, 0.6) is 5.75 Å². The fourth-order valence-electron chi connectivity index (χ4n) is 3.26. The summed E-state index contributed by atoms with van der Waals surface area (Å²) >= 11 is 5.99. The van der Waals surface area contributed by atoms with Crippen molar-refractivity contribution in [2.45, 2.75) is 30.5 Å². The molecule has 0 radical (unpaired) electrons. The Labute approximate surface area is 206 Å². The van der Waals surface area contributed by atoms with Crippen LogP contribution < -0.4 is 14.8 Å². The Morgan fingerprint density at radius 2 is 1.74 bits per heavy atom. The lowest BCUT2D eigenvalue weighted by molar-refractivity contribution is -0.137. The van der Waals surface area contributed by atoms with E-state index in [1.165, 1.54) is 24.3 Å². The smallest absolute Gasteiger partial charge is 0.416 e. The number of nitrogens with one attached hydrogen (secondary N) is 2. The molecule has 0 aliphatic carbocycles. The summed E-state index contributed by atoms with van der Waals surface area (Å²) in [5.74, 6) is -0.794. The number of halogens is 4. The quantitative estimate of drug-likeness (QED) is 0.397. The molecule has 0 heterocycles. The van der Waals surface area contributed by atoms with E-state index in [2.05, 4.69) is 10.0 Å². The van der Waals surface area contributed by atoms with Crippen LogP contribution in [-0.2, 0) is 27.4 Å². The Morgan fingerprint density at radius 1 is 1.03 bits per heavy atom. The molecule has 11 heteroatoms. The molecular weight excluding hydrogens is 505 g/mol. The fraction of sp³-hybridized carbons (Fsp3) is 0.208. The monoisotopic (exact) mass is 526 g/mol. The van der Waals surface area contributed by atoms with Crippen molar-refractivity contribution in [1.29, 1.82) is 0 Å². The molecule has 0 aliphatic heterocycles. The first-order valence-corrected chi connectivity index (χ1v) is 12.3. The van der Waals surface area contributed by atoms with Crippen LogP contribution in [0.1, 0.15) is 18.1 Å². The predicted octanol–water partition coefficient (Wildman–Crippen LogP) is 5.29. The lowest BCUT2D eigenvalue weighted by Crippen LogP contribution is -2.45. The molecule has 1 atom stereocenters. The highest BCUT2D eigenvalue weighted by Crippen LogP contribution is 2.31. The second kappa shape index (κ2) is 11.1. The second-order valence-corrected chi connectivity index (χ2v) is 9.57. The molecule has 0 aliphatic rings. The highest BCUT2D eigenvalue weighted by atomic mass is 35.5. The molecule has 0 saturated carbocycles. The number of ether oxygens (including phenoxy) is 1. The number of alkyl halides is 3. The average molecular weight is 527 g/mol. The van der Waals surface area contributed by atoms with Crippen LogP contribution in [0.4, 0.5) is 18.9 Å². The zero-order valence-electron chi connectivity index (χ0n) is 18.5. The van der Waals surface area contributed by atoms with Gasteiger partial charge in [-0.05, 0) is 55.3 Å². The standard InChI is InChI=1S/C24H22ClF3N2O4S/c1-2-34-21-12-11-18(25)15-22(21)35(32,33)30-20(13-16-7-4-3-5-8-16)23(31)29-19-10-6-9-17(14-19)24(26,27)28/h3-12,14-15,20,30H,2,13H2,1H3,(H,29,31). The number of anilines is 1. The van der Waals surface area contributed by atoms with E-state index < -0.39 is 33.7 Å². The molecule has 6 nitrogen and oxygen atoms in total. The van der Waals surface area contributed by atoms with E-state index in [0.29, 0.717) is 5.56 Å². The minimum Gasteiger partial charge on any atom is -0.492 e. The fourth-order valence-corrected chi connectivity index (χ4v) is 4.86. The molecule has 0 spiro atoms. The molecular formula is C24H22ClF3N2O4S. The first-order valence-electron chi connectivity index (χ1n) is 10.5. The third-order valence-electron chi connectivity index (χ3n) is 4.85. The van der Waals surface area contributed by atoms with Gasteiger partial charge in [0.25, 0.3) is 0 Å². The third-order valence-corrected chi connectivity index (χ3v) is 6.58. The van der Waals surface area contributed by atoms with Gasteiger partial charge < -0.3 is 10.1 Å². The van der Waals surface area contributed by atoms with Gasteiger partial charge in [0.1, 0.15) is 16.7 Å². The van der Waals surface area contributed by atoms with Crippen LogP contribution in [-0.4, -0.2) is 27.0 Å². The summed E-state index contributed by atoms with van der Waals surface area (Å²) in [6, 6.07) is 15.4. The normalized spacial score (nSPS) is 12.7. The summed E-state index contributed by atoms with van der Waals surface area (Å²) in [6.07, 6.45) is -4.66. The summed E-state index contributed by atoms with van der Waals surface area (Å²) in [5.41, 5.74) is -0.439.